The van der Waals surface area contributed by atoms with Gasteiger partial charge < -0.3 is 11.1 Å². The molecule has 3 nitrogen and oxygen atoms in total. The second-order valence-corrected chi connectivity index (χ2v) is 6.04. The predicted molar refractivity (Wildman–Crippen MR) is 75.4 cm³/mol. The Labute approximate surface area is 115 Å². The summed E-state index contributed by atoms with van der Waals surface area (Å²) in [6, 6.07) is 1.85. The van der Waals surface area contributed by atoms with Crippen molar-refractivity contribution in [2.75, 3.05) is 18.4 Å². The van der Waals surface area contributed by atoms with Crippen LogP contribution in [0.4, 0.5) is 5.82 Å². The lowest BCUT2D eigenvalue weighted by Gasteiger charge is -2.27. The number of aromatic nitrogens is 1. The summed E-state index contributed by atoms with van der Waals surface area (Å²) < 4.78 is 0.898. The Kier molecular flexibility index (Phi) is 4.28. The standard InChI is InChI=1S/C12H17BrClN3/c13-10-5-9(14)6-16-11(10)17-8-12(7-15)3-1-2-4-12/h5-6H,1-4,7-8,15H2,(H,16,17). The number of hydrogen-bond donors (Lipinski definition) is 2. The van der Waals surface area contributed by atoms with Crippen LogP contribution in [0.5, 0.6) is 0 Å². The Morgan fingerprint density at radius 1 is 1.47 bits per heavy atom. The van der Waals surface area contributed by atoms with Gasteiger partial charge in [-0.2, -0.15) is 0 Å². The monoisotopic (exact) mass is 317 g/mol. The van der Waals surface area contributed by atoms with Gasteiger partial charge in [-0.1, -0.05) is 24.4 Å². The van der Waals surface area contributed by atoms with Gasteiger partial charge in [0.1, 0.15) is 5.82 Å². The quantitative estimate of drug-likeness (QED) is 0.894. The fraction of sp³-hybridized carbons (Fsp3) is 0.583. The Balaban J connectivity index is 2.01. The lowest BCUT2D eigenvalue weighted by Crippen LogP contribution is -2.34. The molecule has 1 fully saturated rings. The second-order valence-electron chi connectivity index (χ2n) is 4.75. The average Bonchev–Trinajstić information content (AvgIpc) is 2.77. The van der Waals surface area contributed by atoms with Crippen LogP contribution in [-0.2, 0) is 0 Å². The summed E-state index contributed by atoms with van der Waals surface area (Å²) in [5, 5.41) is 4.01. The molecule has 1 heterocycles. The van der Waals surface area contributed by atoms with Crippen LogP contribution in [0.15, 0.2) is 16.7 Å². The first-order chi connectivity index (χ1) is 8.15. The van der Waals surface area contributed by atoms with E-state index in [2.05, 4.69) is 26.2 Å². The minimum atomic E-state index is 0.251. The maximum Gasteiger partial charge on any atom is 0.140 e. The number of nitrogens with zero attached hydrogens (tertiary/aromatic N) is 1. The van der Waals surface area contributed by atoms with E-state index in [0.717, 1.165) is 23.4 Å². The van der Waals surface area contributed by atoms with Crippen LogP contribution in [0.3, 0.4) is 0 Å². The number of halogens is 2. The molecule has 0 saturated heterocycles. The maximum absolute atomic E-state index is 5.90. The Bertz CT molecular complexity index is 391. The zero-order valence-electron chi connectivity index (χ0n) is 9.68. The summed E-state index contributed by atoms with van der Waals surface area (Å²) in [5.74, 6) is 0.842. The van der Waals surface area contributed by atoms with Crippen molar-refractivity contribution in [1.29, 1.82) is 0 Å². The number of nitrogens with one attached hydrogen (secondary N) is 1. The first-order valence-corrected chi connectivity index (χ1v) is 7.07. The van der Waals surface area contributed by atoms with Gasteiger partial charge in [0, 0.05) is 12.7 Å². The molecule has 17 heavy (non-hydrogen) atoms. The zero-order chi connectivity index (χ0) is 12.3. The molecule has 1 aromatic rings. The van der Waals surface area contributed by atoms with Crippen LogP contribution >= 0.6 is 27.5 Å². The van der Waals surface area contributed by atoms with Gasteiger partial charge in [-0.15, -0.1) is 0 Å². The van der Waals surface area contributed by atoms with Gasteiger partial charge in [-0.25, -0.2) is 4.98 Å². The summed E-state index contributed by atoms with van der Waals surface area (Å²) >= 11 is 9.31. The SMILES string of the molecule is NCC1(CNc2ncc(Cl)cc2Br)CCCC1. The van der Waals surface area contributed by atoms with Crippen LogP contribution in [-0.4, -0.2) is 18.1 Å². The van der Waals surface area contributed by atoms with Gasteiger partial charge in [0.2, 0.25) is 0 Å². The highest BCUT2D eigenvalue weighted by Gasteiger charge is 2.32. The fourth-order valence-electron chi connectivity index (χ4n) is 2.39. The van der Waals surface area contributed by atoms with E-state index in [1.54, 1.807) is 6.20 Å². The molecule has 1 aliphatic carbocycles. The van der Waals surface area contributed by atoms with Crippen molar-refractivity contribution in [2.45, 2.75) is 25.7 Å². The largest absolute Gasteiger partial charge is 0.369 e. The summed E-state index contributed by atoms with van der Waals surface area (Å²) in [6.45, 7) is 1.63. The number of rotatable bonds is 4. The Morgan fingerprint density at radius 2 is 2.18 bits per heavy atom. The van der Waals surface area contributed by atoms with Crippen LogP contribution in [0.2, 0.25) is 5.02 Å². The van der Waals surface area contributed by atoms with Crippen LogP contribution in [0, 0.1) is 5.41 Å². The van der Waals surface area contributed by atoms with E-state index in [9.17, 15) is 0 Å². The highest BCUT2D eigenvalue weighted by Crippen LogP contribution is 2.37. The van der Waals surface area contributed by atoms with Gasteiger partial charge in [-0.3, -0.25) is 0 Å². The van der Waals surface area contributed by atoms with E-state index in [-0.39, 0.29) is 5.41 Å². The van der Waals surface area contributed by atoms with Crippen molar-refractivity contribution >= 4 is 33.3 Å². The molecule has 1 aromatic heterocycles. The molecular weight excluding hydrogens is 302 g/mol. The van der Waals surface area contributed by atoms with Gasteiger partial charge in [0.25, 0.3) is 0 Å². The van der Waals surface area contributed by atoms with E-state index in [1.165, 1.54) is 25.7 Å². The number of anilines is 1. The Hall–Kier alpha value is -0.320. The molecule has 0 spiro atoms. The van der Waals surface area contributed by atoms with Crippen LogP contribution < -0.4 is 11.1 Å². The van der Waals surface area contributed by atoms with Gasteiger partial charge in [0.05, 0.1) is 9.50 Å². The number of nitrogens with two attached hydrogens (primary N) is 1. The molecule has 1 saturated carbocycles. The minimum Gasteiger partial charge on any atom is -0.369 e. The summed E-state index contributed by atoms with van der Waals surface area (Å²) in [6.07, 6.45) is 6.64. The molecule has 0 aromatic carbocycles. The third kappa shape index (κ3) is 3.12. The highest BCUT2D eigenvalue weighted by atomic mass is 79.9. The molecular formula is C12H17BrClN3. The third-order valence-corrected chi connectivity index (χ3v) is 4.35. The number of pyridine rings is 1. The summed E-state index contributed by atoms with van der Waals surface area (Å²) in [4.78, 5) is 4.27. The number of hydrogen-bond acceptors (Lipinski definition) is 3. The first kappa shape index (κ1) is 13.1. The van der Waals surface area contributed by atoms with Gasteiger partial charge in [0.15, 0.2) is 0 Å². The molecule has 2 rings (SSSR count). The topological polar surface area (TPSA) is 50.9 Å². The molecule has 0 bridgehead atoms. The summed E-state index contributed by atoms with van der Waals surface area (Å²) in [7, 11) is 0. The van der Waals surface area contributed by atoms with Gasteiger partial charge in [-0.05, 0) is 46.8 Å². The van der Waals surface area contributed by atoms with Crippen molar-refractivity contribution in [2.24, 2.45) is 11.1 Å². The van der Waals surface area contributed by atoms with Crippen molar-refractivity contribution in [3.8, 4) is 0 Å². The lowest BCUT2D eigenvalue weighted by atomic mass is 9.86. The molecule has 5 heteroatoms. The second kappa shape index (κ2) is 5.55. The van der Waals surface area contributed by atoms with E-state index in [4.69, 9.17) is 17.3 Å². The van der Waals surface area contributed by atoms with Crippen molar-refractivity contribution < 1.29 is 0 Å². The normalized spacial score (nSPS) is 18.3. The molecule has 0 unspecified atom stereocenters. The van der Waals surface area contributed by atoms with Crippen molar-refractivity contribution in [3.05, 3.63) is 21.8 Å². The van der Waals surface area contributed by atoms with Crippen LogP contribution in [0.1, 0.15) is 25.7 Å². The van der Waals surface area contributed by atoms with Crippen molar-refractivity contribution in [1.82, 2.24) is 4.98 Å². The van der Waals surface area contributed by atoms with Crippen molar-refractivity contribution in [3.63, 3.8) is 0 Å². The lowest BCUT2D eigenvalue weighted by molar-refractivity contribution is 0.332. The maximum atomic E-state index is 5.90. The van der Waals surface area contributed by atoms with E-state index < -0.39 is 0 Å². The molecule has 0 aliphatic heterocycles. The molecule has 0 amide bonds. The van der Waals surface area contributed by atoms with Gasteiger partial charge >= 0.3 is 0 Å². The molecule has 94 valence electrons. The first-order valence-electron chi connectivity index (χ1n) is 5.90. The molecule has 3 N–H and O–H groups in total. The average molecular weight is 319 g/mol. The van der Waals surface area contributed by atoms with Crippen LogP contribution in [0.25, 0.3) is 0 Å². The smallest absolute Gasteiger partial charge is 0.140 e. The Morgan fingerprint density at radius 3 is 2.76 bits per heavy atom. The zero-order valence-corrected chi connectivity index (χ0v) is 12.0. The third-order valence-electron chi connectivity index (χ3n) is 3.54. The summed E-state index contributed by atoms with van der Waals surface area (Å²) in [5.41, 5.74) is 6.15. The fourth-order valence-corrected chi connectivity index (χ4v) is 3.17. The van der Waals surface area contributed by atoms with E-state index in [1.807, 2.05) is 6.07 Å². The predicted octanol–water partition coefficient (Wildman–Crippen LogP) is 3.43. The minimum absolute atomic E-state index is 0.251. The molecule has 1 aliphatic rings. The highest BCUT2D eigenvalue weighted by molar-refractivity contribution is 9.10. The molecule has 0 radical (unpaired) electrons. The van der Waals surface area contributed by atoms with E-state index >= 15 is 0 Å². The van der Waals surface area contributed by atoms with E-state index in [0.29, 0.717) is 5.02 Å². The molecule has 0 atom stereocenters.